The lowest BCUT2D eigenvalue weighted by Gasteiger charge is -2.19. The third-order valence-electron chi connectivity index (χ3n) is 1.14. The Balaban J connectivity index is 3.83. The van der Waals surface area contributed by atoms with Gasteiger partial charge in [-0.1, -0.05) is 6.08 Å². The van der Waals surface area contributed by atoms with E-state index in [0.29, 0.717) is 5.11 Å². The van der Waals surface area contributed by atoms with Crippen LogP contribution in [0.25, 0.3) is 0 Å². The zero-order valence-electron chi connectivity index (χ0n) is 7.26. The van der Waals surface area contributed by atoms with Gasteiger partial charge in [-0.3, -0.25) is 15.2 Å². The van der Waals surface area contributed by atoms with Gasteiger partial charge in [0.25, 0.3) is 0 Å². The molecule has 2 N–H and O–H groups in total. The van der Waals surface area contributed by atoms with Crippen LogP contribution in [0.2, 0.25) is 0 Å². The second-order valence-corrected chi connectivity index (χ2v) is 2.53. The summed E-state index contributed by atoms with van der Waals surface area (Å²) in [6.07, 6.45) is 1.82. The summed E-state index contributed by atoms with van der Waals surface area (Å²) in [6, 6.07) is 0. The molecule has 0 aromatic carbocycles. The number of amides is 1. The van der Waals surface area contributed by atoms with E-state index >= 15 is 0 Å². The van der Waals surface area contributed by atoms with Crippen LogP contribution in [-0.4, -0.2) is 30.1 Å². The van der Waals surface area contributed by atoms with E-state index in [1.807, 2.05) is 0 Å². The lowest BCUT2D eigenvalue weighted by molar-refractivity contribution is -0.123. The molecular formula is C7H13N3OS. The normalized spacial score (nSPS) is 8.50. The van der Waals surface area contributed by atoms with E-state index in [-0.39, 0.29) is 12.3 Å². The van der Waals surface area contributed by atoms with Gasteiger partial charge in [-0.2, -0.15) is 0 Å². The lowest BCUT2D eigenvalue weighted by atomic mass is 10.4. The number of hydrogen-bond donors (Lipinski definition) is 2. The van der Waals surface area contributed by atoms with Crippen molar-refractivity contribution in [2.45, 2.75) is 6.42 Å². The van der Waals surface area contributed by atoms with Crippen LogP contribution in [0.15, 0.2) is 12.7 Å². The van der Waals surface area contributed by atoms with Crippen LogP contribution in [0.4, 0.5) is 0 Å². The van der Waals surface area contributed by atoms with Crippen LogP contribution in [0.3, 0.4) is 0 Å². The molecule has 0 saturated heterocycles. The van der Waals surface area contributed by atoms with Crippen molar-refractivity contribution in [1.29, 1.82) is 0 Å². The van der Waals surface area contributed by atoms with E-state index in [1.165, 1.54) is 11.1 Å². The Morgan fingerprint density at radius 1 is 1.75 bits per heavy atom. The zero-order valence-corrected chi connectivity index (χ0v) is 8.07. The van der Waals surface area contributed by atoms with Crippen molar-refractivity contribution in [3.63, 3.8) is 0 Å². The first kappa shape index (κ1) is 10.9. The zero-order chi connectivity index (χ0) is 9.56. The number of nitrogens with one attached hydrogen (secondary N) is 2. The Kier molecular flexibility index (Phi) is 5.03. The van der Waals surface area contributed by atoms with E-state index < -0.39 is 0 Å². The molecule has 0 aliphatic rings. The van der Waals surface area contributed by atoms with Crippen LogP contribution in [0, 0.1) is 0 Å². The van der Waals surface area contributed by atoms with E-state index in [4.69, 9.17) is 12.2 Å². The predicted molar refractivity (Wildman–Crippen MR) is 52.4 cm³/mol. The van der Waals surface area contributed by atoms with Crippen molar-refractivity contribution in [1.82, 2.24) is 15.8 Å². The summed E-state index contributed by atoms with van der Waals surface area (Å²) in [7, 11) is 3.36. The van der Waals surface area contributed by atoms with Gasteiger partial charge in [0.2, 0.25) is 5.91 Å². The highest BCUT2D eigenvalue weighted by molar-refractivity contribution is 7.80. The minimum absolute atomic E-state index is 0.134. The molecule has 5 heteroatoms. The number of carbonyl (C=O) groups excluding carboxylic acids is 1. The molecule has 0 saturated carbocycles. The SMILES string of the molecule is C=CCC(=O)NN(C)C(=S)NC. The van der Waals surface area contributed by atoms with E-state index in [2.05, 4.69) is 17.3 Å². The van der Waals surface area contributed by atoms with Gasteiger partial charge in [-0.25, -0.2) is 0 Å². The fourth-order valence-corrected chi connectivity index (χ4v) is 0.628. The predicted octanol–water partition coefficient (Wildman–Crippen LogP) is 0.0298. The molecule has 0 spiro atoms. The van der Waals surface area contributed by atoms with Gasteiger partial charge in [-0.15, -0.1) is 6.58 Å². The van der Waals surface area contributed by atoms with Crippen LogP contribution < -0.4 is 10.7 Å². The Morgan fingerprint density at radius 3 is 2.75 bits per heavy atom. The number of thiocarbonyl (C=S) groups is 1. The van der Waals surface area contributed by atoms with E-state index in [0.717, 1.165) is 0 Å². The topological polar surface area (TPSA) is 44.4 Å². The molecule has 68 valence electrons. The van der Waals surface area contributed by atoms with Gasteiger partial charge < -0.3 is 5.32 Å². The molecule has 0 heterocycles. The van der Waals surface area contributed by atoms with Crippen molar-refractivity contribution in [3.8, 4) is 0 Å². The first-order valence-corrected chi connectivity index (χ1v) is 3.88. The number of rotatable bonds is 2. The summed E-state index contributed by atoms with van der Waals surface area (Å²) >= 11 is 4.85. The molecule has 12 heavy (non-hydrogen) atoms. The summed E-state index contributed by atoms with van der Waals surface area (Å²) in [5.41, 5.74) is 2.55. The summed E-state index contributed by atoms with van der Waals surface area (Å²) in [5.74, 6) is -0.134. The standard InChI is InChI=1S/C7H13N3OS/c1-4-5-6(11)9-10(3)7(12)8-2/h4H,1,5H2,2-3H3,(H,8,12)(H,9,11). The maximum atomic E-state index is 11.0. The second-order valence-electron chi connectivity index (χ2n) is 2.14. The fraction of sp³-hybridized carbons (Fsp3) is 0.429. The number of carbonyl (C=O) groups is 1. The quantitative estimate of drug-likeness (QED) is 0.364. The molecule has 0 aliphatic heterocycles. The largest absolute Gasteiger partial charge is 0.364 e. The molecule has 0 radical (unpaired) electrons. The minimum Gasteiger partial charge on any atom is -0.364 e. The van der Waals surface area contributed by atoms with Gasteiger partial charge in [0.1, 0.15) is 0 Å². The molecule has 0 aromatic heterocycles. The molecule has 1 amide bonds. The Bertz CT molecular complexity index is 193. The van der Waals surface area contributed by atoms with Crippen LogP contribution in [0.1, 0.15) is 6.42 Å². The van der Waals surface area contributed by atoms with Crippen molar-refractivity contribution < 1.29 is 4.79 Å². The number of hydrazine groups is 1. The summed E-state index contributed by atoms with van der Waals surface area (Å²) in [6.45, 7) is 3.45. The van der Waals surface area contributed by atoms with Gasteiger partial charge in [0.05, 0.1) is 0 Å². The van der Waals surface area contributed by atoms with Gasteiger partial charge in [0, 0.05) is 20.5 Å². The van der Waals surface area contributed by atoms with E-state index in [9.17, 15) is 4.79 Å². The number of hydrogen-bond acceptors (Lipinski definition) is 2. The first-order valence-electron chi connectivity index (χ1n) is 3.47. The first-order chi connectivity index (χ1) is 5.61. The Labute approximate surface area is 77.6 Å². The molecule has 0 bridgehead atoms. The van der Waals surface area contributed by atoms with Crippen molar-refractivity contribution in [2.24, 2.45) is 0 Å². The summed E-state index contributed by atoms with van der Waals surface area (Å²) < 4.78 is 0. The highest BCUT2D eigenvalue weighted by Gasteiger charge is 2.04. The van der Waals surface area contributed by atoms with Crippen molar-refractivity contribution >= 4 is 23.2 Å². The Morgan fingerprint density at radius 2 is 2.33 bits per heavy atom. The maximum Gasteiger partial charge on any atom is 0.242 e. The van der Waals surface area contributed by atoms with Crippen LogP contribution >= 0.6 is 12.2 Å². The summed E-state index contributed by atoms with van der Waals surface area (Å²) in [5, 5.41) is 4.64. The molecule has 0 atom stereocenters. The monoisotopic (exact) mass is 187 g/mol. The van der Waals surface area contributed by atoms with Gasteiger partial charge in [0.15, 0.2) is 5.11 Å². The highest BCUT2D eigenvalue weighted by Crippen LogP contribution is 1.83. The third-order valence-corrected chi connectivity index (χ3v) is 1.62. The fourth-order valence-electron chi connectivity index (χ4n) is 0.582. The van der Waals surface area contributed by atoms with Crippen molar-refractivity contribution in [2.75, 3.05) is 14.1 Å². The minimum atomic E-state index is -0.134. The van der Waals surface area contributed by atoms with Gasteiger partial charge >= 0.3 is 0 Å². The van der Waals surface area contributed by atoms with Crippen molar-refractivity contribution in [3.05, 3.63) is 12.7 Å². The molecule has 0 aliphatic carbocycles. The van der Waals surface area contributed by atoms with E-state index in [1.54, 1.807) is 14.1 Å². The number of nitrogens with zero attached hydrogens (tertiary/aromatic N) is 1. The maximum absolute atomic E-state index is 11.0. The Hall–Kier alpha value is -1.10. The summed E-state index contributed by atoms with van der Waals surface area (Å²) in [4.78, 5) is 11.0. The molecule has 0 unspecified atom stereocenters. The third kappa shape index (κ3) is 3.92. The molecule has 0 fully saturated rings. The average Bonchev–Trinajstić information content (AvgIpc) is 2.03. The molecule has 0 aromatic rings. The highest BCUT2D eigenvalue weighted by atomic mass is 32.1. The second kappa shape index (κ2) is 5.54. The molecule has 0 rings (SSSR count). The average molecular weight is 187 g/mol. The molecular weight excluding hydrogens is 174 g/mol. The molecule has 4 nitrogen and oxygen atoms in total. The van der Waals surface area contributed by atoms with Crippen LogP contribution in [0.5, 0.6) is 0 Å². The van der Waals surface area contributed by atoms with Gasteiger partial charge in [-0.05, 0) is 12.2 Å². The lowest BCUT2D eigenvalue weighted by Crippen LogP contribution is -2.46. The van der Waals surface area contributed by atoms with Crippen LogP contribution in [-0.2, 0) is 4.79 Å². The smallest absolute Gasteiger partial charge is 0.242 e.